The highest BCUT2D eigenvalue weighted by Crippen LogP contribution is 2.25. The van der Waals surface area contributed by atoms with E-state index in [1.807, 2.05) is 6.92 Å². The summed E-state index contributed by atoms with van der Waals surface area (Å²) >= 11 is 11.7. The first kappa shape index (κ1) is 15.1. The van der Waals surface area contributed by atoms with E-state index in [4.69, 9.17) is 28.3 Å². The Kier molecular flexibility index (Phi) is 6.25. The summed E-state index contributed by atoms with van der Waals surface area (Å²) in [6.45, 7) is 2.55. The molecule has 0 bridgehead atoms. The smallest absolute Gasteiger partial charge is 0.319 e. The minimum Gasteiger partial charge on any atom is -0.396 e. The van der Waals surface area contributed by atoms with Crippen LogP contribution in [0, 0.1) is 5.92 Å². The van der Waals surface area contributed by atoms with Gasteiger partial charge in [0.1, 0.15) is 0 Å². The van der Waals surface area contributed by atoms with Crippen molar-refractivity contribution in [1.29, 1.82) is 0 Å². The lowest BCUT2D eigenvalue weighted by atomic mass is 10.1. The van der Waals surface area contributed by atoms with Gasteiger partial charge >= 0.3 is 6.03 Å². The van der Waals surface area contributed by atoms with Gasteiger partial charge in [-0.25, -0.2) is 4.79 Å². The first-order valence-electron chi connectivity index (χ1n) is 5.63. The lowest BCUT2D eigenvalue weighted by Gasteiger charge is -2.12. The number of anilines is 1. The van der Waals surface area contributed by atoms with Crippen LogP contribution in [-0.2, 0) is 0 Å². The minimum atomic E-state index is -0.344. The summed E-state index contributed by atoms with van der Waals surface area (Å²) < 4.78 is 0. The van der Waals surface area contributed by atoms with Crippen LogP contribution in [0.4, 0.5) is 10.5 Å². The fourth-order valence-electron chi connectivity index (χ4n) is 1.35. The largest absolute Gasteiger partial charge is 0.396 e. The Hall–Kier alpha value is -0.970. The molecule has 0 fully saturated rings. The summed E-state index contributed by atoms with van der Waals surface area (Å²) in [5.41, 5.74) is 0.469. The second-order valence-corrected chi connectivity index (χ2v) is 4.92. The zero-order chi connectivity index (χ0) is 13.5. The maximum Gasteiger partial charge on any atom is 0.319 e. The molecule has 0 saturated carbocycles. The van der Waals surface area contributed by atoms with Crippen LogP contribution >= 0.6 is 23.2 Å². The molecule has 0 aliphatic rings. The number of benzene rings is 1. The van der Waals surface area contributed by atoms with Gasteiger partial charge in [0.15, 0.2) is 0 Å². The van der Waals surface area contributed by atoms with E-state index in [0.717, 1.165) is 0 Å². The number of hydrogen-bond acceptors (Lipinski definition) is 2. The Morgan fingerprint density at radius 1 is 1.44 bits per heavy atom. The van der Waals surface area contributed by atoms with Crippen molar-refractivity contribution >= 4 is 34.9 Å². The monoisotopic (exact) mass is 290 g/mol. The minimum absolute atomic E-state index is 0.116. The molecule has 4 nitrogen and oxygen atoms in total. The average molecular weight is 291 g/mol. The molecular weight excluding hydrogens is 275 g/mol. The van der Waals surface area contributed by atoms with E-state index in [1.165, 1.54) is 0 Å². The molecule has 0 heterocycles. The molecule has 1 rings (SSSR count). The molecule has 0 aromatic heterocycles. The number of urea groups is 1. The van der Waals surface area contributed by atoms with Crippen LogP contribution in [0.15, 0.2) is 18.2 Å². The van der Waals surface area contributed by atoms with Gasteiger partial charge in [0.05, 0.1) is 10.7 Å². The summed E-state index contributed by atoms with van der Waals surface area (Å²) in [5.74, 6) is 0.218. The number of nitrogens with one attached hydrogen (secondary N) is 2. The molecule has 6 heteroatoms. The van der Waals surface area contributed by atoms with Crippen LogP contribution in [0.5, 0.6) is 0 Å². The van der Waals surface area contributed by atoms with Crippen LogP contribution in [0.2, 0.25) is 10.0 Å². The van der Waals surface area contributed by atoms with Crippen LogP contribution in [0.1, 0.15) is 13.3 Å². The van der Waals surface area contributed by atoms with E-state index >= 15 is 0 Å². The Balaban J connectivity index is 2.47. The molecule has 1 aromatic carbocycles. The molecule has 1 aromatic rings. The molecule has 18 heavy (non-hydrogen) atoms. The summed E-state index contributed by atoms with van der Waals surface area (Å²) in [6, 6.07) is 4.51. The molecule has 0 aliphatic heterocycles. The number of rotatable bonds is 5. The molecule has 0 radical (unpaired) electrons. The molecule has 0 aliphatic carbocycles. The normalized spacial score (nSPS) is 12.0. The maximum atomic E-state index is 11.6. The van der Waals surface area contributed by atoms with Crippen molar-refractivity contribution in [3.63, 3.8) is 0 Å². The zero-order valence-corrected chi connectivity index (χ0v) is 11.6. The first-order valence-corrected chi connectivity index (χ1v) is 6.39. The highest BCUT2D eigenvalue weighted by Gasteiger charge is 2.07. The van der Waals surface area contributed by atoms with Gasteiger partial charge < -0.3 is 15.7 Å². The molecule has 3 N–H and O–H groups in total. The fourth-order valence-corrected chi connectivity index (χ4v) is 1.69. The Morgan fingerprint density at radius 2 is 2.17 bits per heavy atom. The van der Waals surface area contributed by atoms with Crippen molar-refractivity contribution in [1.82, 2.24) is 5.32 Å². The number of aliphatic hydroxyl groups excluding tert-OH is 1. The summed E-state index contributed by atoms with van der Waals surface area (Å²) in [4.78, 5) is 11.6. The van der Waals surface area contributed by atoms with Crippen molar-refractivity contribution < 1.29 is 9.90 Å². The van der Waals surface area contributed by atoms with Gasteiger partial charge in [0.2, 0.25) is 0 Å². The first-order chi connectivity index (χ1) is 8.52. The maximum absolute atomic E-state index is 11.6. The van der Waals surface area contributed by atoms with Gasteiger partial charge in [0, 0.05) is 18.2 Å². The summed E-state index contributed by atoms with van der Waals surface area (Å²) in [6.07, 6.45) is 0.651. The van der Waals surface area contributed by atoms with Crippen molar-refractivity contribution in [2.75, 3.05) is 18.5 Å². The highest BCUT2D eigenvalue weighted by molar-refractivity contribution is 6.35. The SMILES string of the molecule is CC(CCO)CNC(=O)Nc1cc(Cl)ccc1Cl. The summed E-state index contributed by atoms with van der Waals surface area (Å²) in [7, 11) is 0. The molecule has 1 atom stereocenters. The molecule has 1 unspecified atom stereocenters. The Bertz CT molecular complexity index is 413. The second-order valence-electron chi connectivity index (χ2n) is 4.08. The van der Waals surface area contributed by atoms with Crippen LogP contribution in [0.25, 0.3) is 0 Å². The predicted octanol–water partition coefficient (Wildman–Crippen LogP) is 3.13. The van der Waals surface area contributed by atoms with E-state index < -0.39 is 0 Å². The third kappa shape index (κ3) is 5.12. The summed E-state index contributed by atoms with van der Waals surface area (Å²) in [5, 5.41) is 15.0. The second kappa shape index (κ2) is 7.46. The number of aliphatic hydroxyl groups is 1. The lowest BCUT2D eigenvalue weighted by molar-refractivity contribution is 0.243. The van der Waals surface area contributed by atoms with E-state index in [9.17, 15) is 4.79 Å². The predicted molar refractivity (Wildman–Crippen MR) is 74.4 cm³/mol. The third-order valence-corrected chi connectivity index (χ3v) is 2.97. The number of carbonyl (C=O) groups is 1. The van der Waals surface area contributed by atoms with Gasteiger partial charge in [-0.3, -0.25) is 0 Å². The number of hydrogen-bond donors (Lipinski definition) is 3. The van der Waals surface area contributed by atoms with Crippen molar-refractivity contribution in [3.8, 4) is 0 Å². The van der Waals surface area contributed by atoms with Crippen molar-refractivity contribution in [2.45, 2.75) is 13.3 Å². The van der Waals surface area contributed by atoms with Crippen LogP contribution < -0.4 is 10.6 Å². The number of halogens is 2. The number of amides is 2. The Morgan fingerprint density at radius 3 is 2.83 bits per heavy atom. The molecule has 2 amide bonds. The molecule has 100 valence electrons. The van der Waals surface area contributed by atoms with E-state index in [2.05, 4.69) is 10.6 Å². The topological polar surface area (TPSA) is 61.4 Å². The van der Waals surface area contributed by atoms with Gasteiger partial charge in [0.25, 0.3) is 0 Å². The Labute approximate surface area is 116 Å². The van der Waals surface area contributed by atoms with E-state index in [0.29, 0.717) is 28.7 Å². The van der Waals surface area contributed by atoms with Crippen molar-refractivity contribution in [2.24, 2.45) is 5.92 Å². The third-order valence-electron chi connectivity index (χ3n) is 2.41. The van der Waals surface area contributed by atoms with E-state index in [-0.39, 0.29) is 18.6 Å². The fraction of sp³-hybridized carbons (Fsp3) is 0.417. The average Bonchev–Trinajstić information content (AvgIpc) is 2.32. The van der Waals surface area contributed by atoms with Gasteiger partial charge in [-0.15, -0.1) is 0 Å². The highest BCUT2D eigenvalue weighted by atomic mass is 35.5. The standard InChI is InChI=1S/C12H16Cl2N2O2/c1-8(4-5-17)7-15-12(18)16-11-6-9(13)2-3-10(11)14/h2-3,6,8,17H,4-5,7H2,1H3,(H2,15,16,18). The van der Waals surface area contributed by atoms with Gasteiger partial charge in [-0.1, -0.05) is 30.1 Å². The van der Waals surface area contributed by atoms with E-state index in [1.54, 1.807) is 18.2 Å². The zero-order valence-electron chi connectivity index (χ0n) is 10.0. The van der Waals surface area contributed by atoms with Gasteiger partial charge in [-0.05, 0) is 30.5 Å². The molecular formula is C12H16Cl2N2O2. The number of carbonyl (C=O) groups excluding carboxylic acids is 1. The molecule has 0 saturated heterocycles. The van der Waals surface area contributed by atoms with Gasteiger partial charge in [-0.2, -0.15) is 0 Å². The molecule has 0 spiro atoms. The lowest BCUT2D eigenvalue weighted by Crippen LogP contribution is -2.32. The van der Waals surface area contributed by atoms with Crippen LogP contribution in [0.3, 0.4) is 0 Å². The van der Waals surface area contributed by atoms with Crippen molar-refractivity contribution in [3.05, 3.63) is 28.2 Å². The van der Waals surface area contributed by atoms with Crippen LogP contribution in [-0.4, -0.2) is 24.3 Å². The quantitative estimate of drug-likeness (QED) is 0.780.